The van der Waals surface area contributed by atoms with Crippen LogP contribution in [-0.2, 0) is 15.1 Å². The SMILES string of the molecule is C[C@@]1(O)[C@H](O)[C@@H](O)[C@H](Sc2ccccc2)O[C@@H]1COC(c1ccccc1)(c1ccccc1)c1ccccc1. The average Bonchev–Trinajstić information content (AvgIpc) is 2.97. The first kappa shape index (κ1) is 26.6. The molecule has 0 bridgehead atoms. The summed E-state index contributed by atoms with van der Waals surface area (Å²) in [6.45, 7) is 1.44. The fourth-order valence-electron chi connectivity index (χ4n) is 4.97. The van der Waals surface area contributed by atoms with Gasteiger partial charge in [-0.2, -0.15) is 0 Å². The Morgan fingerprint density at radius 3 is 1.61 bits per heavy atom. The number of rotatable bonds is 8. The summed E-state index contributed by atoms with van der Waals surface area (Å²) in [6, 6.07) is 39.4. The van der Waals surface area contributed by atoms with Gasteiger partial charge in [0.25, 0.3) is 0 Å². The second kappa shape index (κ2) is 11.4. The molecule has 5 nitrogen and oxygen atoms in total. The number of aliphatic hydroxyl groups is 3. The molecule has 38 heavy (non-hydrogen) atoms. The fraction of sp³-hybridized carbons (Fsp3) is 0.250. The van der Waals surface area contributed by atoms with Gasteiger partial charge in [-0.25, -0.2) is 0 Å². The summed E-state index contributed by atoms with van der Waals surface area (Å²) in [6.07, 6.45) is -3.63. The predicted octanol–water partition coefficient (Wildman–Crippen LogP) is 4.99. The van der Waals surface area contributed by atoms with Crippen molar-refractivity contribution in [1.29, 1.82) is 0 Å². The van der Waals surface area contributed by atoms with Gasteiger partial charge in [0.15, 0.2) is 0 Å². The Kier molecular flexibility index (Phi) is 8.00. The molecule has 6 heteroatoms. The normalized spacial score (nSPS) is 25.7. The first-order chi connectivity index (χ1) is 18.4. The van der Waals surface area contributed by atoms with Crippen LogP contribution >= 0.6 is 11.8 Å². The Balaban J connectivity index is 1.52. The van der Waals surface area contributed by atoms with Gasteiger partial charge in [0.05, 0.1) is 6.61 Å². The number of hydrogen-bond donors (Lipinski definition) is 3. The van der Waals surface area contributed by atoms with Crippen molar-refractivity contribution in [2.75, 3.05) is 6.61 Å². The number of ether oxygens (including phenoxy) is 2. The highest BCUT2D eigenvalue weighted by Crippen LogP contribution is 2.43. The summed E-state index contributed by atoms with van der Waals surface area (Å²) in [4.78, 5) is 0.886. The maximum Gasteiger partial charge on any atom is 0.143 e. The molecule has 4 aromatic carbocycles. The third-order valence-electron chi connectivity index (χ3n) is 7.14. The minimum Gasteiger partial charge on any atom is -0.387 e. The minimum atomic E-state index is -1.75. The van der Waals surface area contributed by atoms with Gasteiger partial charge >= 0.3 is 0 Å². The van der Waals surface area contributed by atoms with Crippen molar-refractivity contribution >= 4 is 11.8 Å². The second-order valence-electron chi connectivity index (χ2n) is 9.68. The van der Waals surface area contributed by atoms with Crippen molar-refractivity contribution in [3.05, 3.63) is 138 Å². The maximum atomic E-state index is 11.3. The lowest BCUT2D eigenvalue weighted by atomic mass is 9.79. The number of aliphatic hydroxyl groups excluding tert-OH is 2. The molecule has 0 saturated carbocycles. The van der Waals surface area contributed by atoms with Gasteiger partial charge in [0, 0.05) is 4.90 Å². The highest BCUT2D eigenvalue weighted by Gasteiger charge is 2.53. The van der Waals surface area contributed by atoms with Crippen LogP contribution in [0.3, 0.4) is 0 Å². The van der Waals surface area contributed by atoms with E-state index in [0.29, 0.717) is 0 Å². The third-order valence-corrected chi connectivity index (χ3v) is 8.31. The van der Waals surface area contributed by atoms with Crippen LogP contribution in [0.1, 0.15) is 23.6 Å². The topological polar surface area (TPSA) is 79.2 Å². The van der Waals surface area contributed by atoms with E-state index >= 15 is 0 Å². The van der Waals surface area contributed by atoms with Crippen molar-refractivity contribution < 1.29 is 24.8 Å². The Morgan fingerprint density at radius 2 is 1.16 bits per heavy atom. The molecule has 0 aromatic heterocycles. The monoisotopic (exact) mass is 528 g/mol. The molecule has 3 N–H and O–H groups in total. The Morgan fingerprint density at radius 1 is 0.737 bits per heavy atom. The van der Waals surface area contributed by atoms with Gasteiger partial charge in [0.1, 0.15) is 34.9 Å². The molecule has 4 aromatic rings. The average molecular weight is 529 g/mol. The van der Waals surface area contributed by atoms with Gasteiger partial charge in [-0.3, -0.25) is 0 Å². The molecule has 5 atom stereocenters. The summed E-state index contributed by atoms with van der Waals surface area (Å²) in [7, 11) is 0. The maximum absolute atomic E-state index is 11.3. The molecule has 0 spiro atoms. The highest BCUT2D eigenvalue weighted by atomic mass is 32.2. The Bertz CT molecular complexity index is 1190. The lowest BCUT2D eigenvalue weighted by Gasteiger charge is -2.47. The fourth-order valence-corrected chi connectivity index (χ4v) is 6.03. The van der Waals surface area contributed by atoms with Crippen LogP contribution < -0.4 is 0 Å². The summed E-state index contributed by atoms with van der Waals surface area (Å²) in [5, 5.41) is 33.1. The molecule has 0 radical (unpaired) electrons. The summed E-state index contributed by atoms with van der Waals surface area (Å²) >= 11 is 1.30. The molecule has 0 amide bonds. The first-order valence-electron chi connectivity index (χ1n) is 12.7. The van der Waals surface area contributed by atoms with E-state index in [1.807, 2.05) is 121 Å². The lowest BCUT2D eigenvalue weighted by molar-refractivity contribution is -0.258. The van der Waals surface area contributed by atoms with Gasteiger partial charge in [-0.1, -0.05) is 121 Å². The van der Waals surface area contributed by atoms with E-state index in [-0.39, 0.29) is 6.61 Å². The zero-order chi connectivity index (χ0) is 26.6. The predicted molar refractivity (Wildman–Crippen MR) is 149 cm³/mol. The number of benzene rings is 4. The van der Waals surface area contributed by atoms with Gasteiger partial charge in [-0.15, -0.1) is 0 Å². The van der Waals surface area contributed by atoms with Crippen molar-refractivity contribution in [2.45, 2.75) is 46.8 Å². The summed E-state index contributed by atoms with van der Waals surface area (Å²) < 4.78 is 13.1. The van der Waals surface area contributed by atoms with Crippen LogP contribution in [0.4, 0.5) is 0 Å². The van der Waals surface area contributed by atoms with Crippen LogP contribution in [0, 0.1) is 0 Å². The van der Waals surface area contributed by atoms with Crippen molar-refractivity contribution in [2.24, 2.45) is 0 Å². The molecule has 1 fully saturated rings. The smallest absolute Gasteiger partial charge is 0.143 e. The zero-order valence-corrected chi connectivity index (χ0v) is 21.9. The molecular weight excluding hydrogens is 496 g/mol. The van der Waals surface area contributed by atoms with E-state index in [1.54, 1.807) is 0 Å². The molecular formula is C32H32O5S. The van der Waals surface area contributed by atoms with Gasteiger partial charge < -0.3 is 24.8 Å². The molecule has 1 heterocycles. The molecule has 0 unspecified atom stereocenters. The molecule has 0 aliphatic carbocycles. The molecule has 1 saturated heterocycles. The summed E-state index contributed by atoms with van der Waals surface area (Å²) in [5.41, 5.74) is -0.785. The van der Waals surface area contributed by atoms with Crippen LogP contribution in [0.25, 0.3) is 0 Å². The molecule has 1 aliphatic rings. The van der Waals surface area contributed by atoms with Crippen molar-refractivity contribution in [3.63, 3.8) is 0 Å². The van der Waals surface area contributed by atoms with E-state index in [4.69, 9.17) is 9.47 Å². The third kappa shape index (κ3) is 5.16. The van der Waals surface area contributed by atoms with Crippen molar-refractivity contribution in [3.8, 4) is 0 Å². The number of thioether (sulfide) groups is 1. The first-order valence-corrected chi connectivity index (χ1v) is 13.6. The Labute approximate surface area is 227 Å². The zero-order valence-electron chi connectivity index (χ0n) is 21.1. The van der Waals surface area contributed by atoms with E-state index < -0.39 is 34.9 Å². The molecule has 5 rings (SSSR count). The quantitative estimate of drug-likeness (QED) is 0.280. The standard InChI is InChI=1S/C32H32O5S/c1-31(35)27(37-30(28(33)29(31)34)38-26-20-12-5-13-21-26)22-36-32(23-14-6-2-7-15-23,24-16-8-3-9-17-24)25-18-10-4-11-19-25/h2-21,27-30,33-35H,22H2,1H3/t27-,28-,29-,30+,31+/m1/s1. The minimum absolute atomic E-state index is 0.0404. The Hall–Kier alpha value is -2.97. The van der Waals surface area contributed by atoms with Crippen LogP contribution in [0.5, 0.6) is 0 Å². The highest BCUT2D eigenvalue weighted by molar-refractivity contribution is 7.99. The van der Waals surface area contributed by atoms with Gasteiger partial charge in [0.2, 0.25) is 0 Å². The van der Waals surface area contributed by atoms with Crippen LogP contribution in [0.15, 0.2) is 126 Å². The largest absolute Gasteiger partial charge is 0.387 e. The second-order valence-corrected chi connectivity index (χ2v) is 10.8. The van der Waals surface area contributed by atoms with E-state index in [1.165, 1.54) is 18.7 Å². The van der Waals surface area contributed by atoms with E-state index in [0.717, 1.165) is 21.6 Å². The van der Waals surface area contributed by atoms with Crippen LogP contribution in [-0.4, -0.2) is 51.3 Å². The van der Waals surface area contributed by atoms with Crippen LogP contribution in [0.2, 0.25) is 0 Å². The summed E-state index contributed by atoms with van der Waals surface area (Å²) in [5.74, 6) is 0. The van der Waals surface area contributed by atoms with Crippen molar-refractivity contribution in [1.82, 2.24) is 0 Å². The number of hydrogen-bond acceptors (Lipinski definition) is 6. The lowest BCUT2D eigenvalue weighted by Crippen LogP contribution is -2.65. The molecule has 196 valence electrons. The molecule has 1 aliphatic heterocycles. The van der Waals surface area contributed by atoms with E-state index in [2.05, 4.69) is 0 Å². The van der Waals surface area contributed by atoms with Gasteiger partial charge in [-0.05, 0) is 35.7 Å². The van der Waals surface area contributed by atoms with E-state index in [9.17, 15) is 15.3 Å².